The SMILES string of the molecule is CC(C)Nc1ncnc2sc3c(c12)CCNC3. The Labute approximate surface area is 104 Å². The smallest absolute Gasteiger partial charge is 0.138 e. The van der Waals surface area contributed by atoms with Gasteiger partial charge < -0.3 is 10.6 Å². The summed E-state index contributed by atoms with van der Waals surface area (Å²) >= 11 is 1.79. The summed E-state index contributed by atoms with van der Waals surface area (Å²) in [5, 5.41) is 8.06. The third kappa shape index (κ3) is 1.89. The van der Waals surface area contributed by atoms with Gasteiger partial charge in [-0.1, -0.05) is 0 Å². The van der Waals surface area contributed by atoms with Crippen LogP contribution in [-0.2, 0) is 13.0 Å². The van der Waals surface area contributed by atoms with E-state index in [-0.39, 0.29) is 0 Å². The highest BCUT2D eigenvalue weighted by atomic mass is 32.1. The number of nitrogens with one attached hydrogen (secondary N) is 2. The minimum Gasteiger partial charge on any atom is -0.367 e. The third-order valence-electron chi connectivity index (χ3n) is 2.93. The van der Waals surface area contributed by atoms with E-state index in [9.17, 15) is 0 Å². The first-order chi connectivity index (χ1) is 8.25. The van der Waals surface area contributed by atoms with Crippen LogP contribution in [-0.4, -0.2) is 22.6 Å². The largest absolute Gasteiger partial charge is 0.367 e. The van der Waals surface area contributed by atoms with E-state index in [0.717, 1.165) is 30.2 Å². The van der Waals surface area contributed by atoms with Crippen LogP contribution < -0.4 is 10.6 Å². The molecule has 3 rings (SSSR count). The molecule has 17 heavy (non-hydrogen) atoms. The second kappa shape index (κ2) is 4.23. The lowest BCUT2D eigenvalue weighted by atomic mass is 10.1. The molecular formula is C12H16N4S. The zero-order chi connectivity index (χ0) is 11.8. The van der Waals surface area contributed by atoms with Crippen LogP contribution in [0.1, 0.15) is 24.3 Å². The van der Waals surface area contributed by atoms with Gasteiger partial charge >= 0.3 is 0 Å². The van der Waals surface area contributed by atoms with Gasteiger partial charge in [0.25, 0.3) is 0 Å². The second-order valence-electron chi connectivity index (χ2n) is 4.63. The lowest BCUT2D eigenvalue weighted by molar-refractivity contribution is 0.657. The van der Waals surface area contributed by atoms with Crippen LogP contribution >= 0.6 is 11.3 Å². The molecule has 0 spiro atoms. The molecule has 0 fully saturated rings. The number of aromatic nitrogens is 2. The van der Waals surface area contributed by atoms with Gasteiger partial charge in [0.2, 0.25) is 0 Å². The fourth-order valence-electron chi connectivity index (χ4n) is 2.24. The number of fused-ring (bicyclic) bond motifs is 3. The molecule has 2 N–H and O–H groups in total. The van der Waals surface area contributed by atoms with Crippen molar-refractivity contribution >= 4 is 27.4 Å². The molecular weight excluding hydrogens is 232 g/mol. The molecule has 0 atom stereocenters. The Bertz CT molecular complexity index is 547. The number of hydrogen-bond donors (Lipinski definition) is 2. The molecule has 2 aromatic rings. The Morgan fingerprint density at radius 3 is 3.12 bits per heavy atom. The lowest BCUT2D eigenvalue weighted by Crippen LogP contribution is -2.22. The average molecular weight is 248 g/mol. The van der Waals surface area contributed by atoms with Gasteiger partial charge in [0.05, 0.1) is 5.39 Å². The normalized spacial score (nSPS) is 15.2. The highest BCUT2D eigenvalue weighted by Crippen LogP contribution is 2.35. The summed E-state index contributed by atoms with van der Waals surface area (Å²) in [6.45, 7) is 6.29. The van der Waals surface area contributed by atoms with Gasteiger partial charge in [-0.15, -0.1) is 11.3 Å². The molecule has 0 unspecified atom stereocenters. The van der Waals surface area contributed by atoms with Crippen molar-refractivity contribution in [2.24, 2.45) is 0 Å². The minimum atomic E-state index is 0.394. The average Bonchev–Trinajstić information content (AvgIpc) is 2.67. The zero-order valence-electron chi connectivity index (χ0n) is 10.1. The van der Waals surface area contributed by atoms with Crippen molar-refractivity contribution in [1.82, 2.24) is 15.3 Å². The summed E-state index contributed by atoms with van der Waals surface area (Å²) in [4.78, 5) is 11.3. The molecule has 0 saturated carbocycles. The van der Waals surface area contributed by atoms with Gasteiger partial charge in [0.15, 0.2) is 0 Å². The molecule has 90 valence electrons. The Morgan fingerprint density at radius 1 is 1.41 bits per heavy atom. The molecule has 4 nitrogen and oxygen atoms in total. The minimum absolute atomic E-state index is 0.394. The quantitative estimate of drug-likeness (QED) is 0.855. The number of thiophene rings is 1. The van der Waals surface area contributed by atoms with Crippen LogP contribution in [0, 0.1) is 0 Å². The summed E-state index contributed by atoms with van der Waals surface area (Å²) in [5.74, 6) is 0.990. The summed E-state index contributed by atoms with van der Waals surface area (Å²) < 4.78 is 0. The first kappa shape index (κ1) is 10.9. The first-order valence-electron chi connectivity index (χ1n) is 5.98. The predicted molar refractivity (Wildman–Crippen MR) is 71.6 cm³/mol. The Morgan fingerprint density at radius 2 is 2.29 bits per heavy atom. The van der Waals surface area contributed by atoms with Gasteiger partial charge in [-0.3, -0.25) is 0 Å². The monoisotopic (exact) mass is 248 g/mol. The molecule has 0 aliphatic carbocycles. The van der Waals surface area contributed by atoms with Crippen molar-refractivity contribution in [3.05, 3.63) is 16.8 Å². The molecule has 0 radical (unpaired) electrons. The molecule has 1 aliphatic heterocycles. The Balaban J connectivity index is 2.18. The second-order valence-corrected chi connectivity index (χ2v) is 5.72. The van der Waals surface area contributed by atoms with Crippen molar-refractivity contribution in [3.63, 3.8) is 0 Å². The van der Waals surface area contributed by atoms with Crippen LogP contribution in [0.5, 0.6) is 0 Å². The molecule has 1 aliphatic rings. The van der Waals surface area contributed by atoms with Gasteiger partial charge in [0, 0.05) is 17.5 Å². The third-order valence-corrected chi connectivity index (χ3v) is 4.07. The number of nitrogens with zero attached hydrogens (tertiary/aromatic N) is 2. The number of hydrogen-bond acceptors (Lipinski definition) is 5. The highest BCUT2D eigenvalue weighted by Gasteiger charge is 2.19. The predicted octanol–water partition coefficient (Wildman–Crippen LogP) is 2.16. The van der Waals surface area contributed by atoms with E-state index in [1.54, 1.807) is 17.7 Å². The number of anilines is 1. The van der Waals surface area contributed by atoms with Crippen LogP contribution in [0.4, 0.5) is 5.82 Å². The summed E-state index contributed by atoms with van der Waals surface area (Å²) in [6.07, 6.45) is 2.73. The number of rotatable bonds is 2. The van der Waals surface area contributed by atoms with E-state index < -0.39 is 0 Å². The first-order valence-corrected chi connectivity index (χ1v) is 6.80. The highest BCUT2D eigenvalue weighted by molar-refractivity contribution is 7.18. The van der Waals surface area contributed by atoms with Crippen molar-refractivity contribution in [2.75, 3.05) is 11.9 Å². The van der Waals surface area contributed by atoms with Crippen LogP contribution in [0.3, 0.4) is 0 Å². The van der Waals surface area contributed by atoms with Crippen molar-refractivity contribution in [3.8, 4) is 0 Å². The maximum atomic E-state index is 4.39. The molecule has 0 saturated heterocycles. The van der Waals surface area contributed by atoms with Gasteiger partial charge in [-0.2, -0.15) is 0 Å². The van der Waals surface area contributed by atoms with Crippen LogP contribution in [0.15, 0.2) is 6.33 Å². The van der Waals surface area contributed by atoms with Crippen molar-refractivity contribution < 1.29 is 0 Å². The van der Waals surface area contributed by atoms with Gasteiger partial charge in [-0.25, -0.2) is 9.97 Å². The zero-order valence-corrected chi connectivity index (χ0v) is 10.9. The van der Waals surface area contributed by atoms with E-state index in [0.29, 0.717) is 6.04 Å². The van der Waals surface area contributed by atoms with E-state index in [1.807, 2.05) is 0 Å². The maximum Gasteiger partial charge on any atom is 0.138 e. The molecule has 0 amide bonds. The van der Waals surface area contributed by atoms with Gasteiger partial charge in [-0.05, 0) is 32.4 Å². The summed E-state index contributed by atoms with van der Waals surface area (Å²) in [5.41, 5.74) is 1.44. The van der Waals surface area contributed by atoms with Gasteiger partial charge in [0.1, 0.15) is 17.0 Å². The van der Waals surface area contributed by atoms with E-state index in [4.69, 9.17) is 0 Å². The lowest BCUT2D eigenvalue weighted by Gasteiger charge is -2.14. The molecule has 5 heteroatoms. The molecule has 3 heterocycles. The topological polar surface area (TPSA) is 49.8 Å². The van der Waals surface area contributed by atoms with E-state index in [1.165, 1.54) is 15.8 Å². The standard InChI is InChI=1S/C12H16N4S/c1-7(2)16-11-10-8-3-4-13-5-9(8)17-12(10)15-6-14-11/h6-7,13H,3-5H2,1-2H3,(H,14,15,16). The van der Waals surface area contributed by atoms with E-state index in [2.05, 4.69) is 34.4 Å². The summed E-state index contributed by atoms with van der Waals surface area (Å²) in [6, 6.07) is 0.394. The Kier molecular flexibility index (Phi) is 2.72. The Hall–Kier alpha value is -1.20. The molecule has 0 aromatic carbocycles. The van der Waals surface area contributed by atoms with Crippen molar-refractivity contribution in [2.45, 2.75) is 32.9 Å². The van der Waals surface area contributed by atoms with Crippen LogP contribution in [0.25, 0.3) is 10.2 Å². The fraction of sp³-hybridized carbons (Fsp3) is 0.500. The van der Waals surface area contributed by atoms with Crippen LogP contribution in [0.2, 0.25) is 0 Å². The molecule has 2 aromatic heterocycles. The fourth-order valence-corrected chi connectivity index (χ4v) is 3.40. The molecule has 0 bridgehead atoms. The maximum absolute atomic E-state index is 4.39. The van der Waals surface area contributed by atoms with E-state index >= 15 is 0 Å². The summed E-state index contributed by atoms with van der Waals surface area (Å²) in [7, 11) is 0. The van der Waals surface area contributed by atoms with Crippen molar-refractivity contribution in [1.29, 1.82) is 0 Å².